The van der Waals surface area contributed by atoms with Crippen molar-refractivity contribution in [2.45, 2.75) is 70.6 Å². The number of amides is 1. The zero-order valence-corrected chi connectivity index (χ0v) is 21.7. The predicted octanol–water partition coefficient (Wildman–Crippen LogP) is 5.14. The summed E-state index contributed by atoms with van der Waals surface area (Å²) in [4.78, 5) is 16.7. The third-order valence-electron chi connectivity index (χ3n) is 6.04. The van der Waals surface area contributed by atoms with E-state index in [0.717, 1.165) is 48.4 Å². The number of pyridine rings is 1. The Balaban J connectivity index is 1.42. The van der Waals surface area contributed by atoms with Gasteiger partial charge in [-0.25, -0.2) is 4.79 Å². The van der Waals surface area contributed by atoms with Gasteiger partial charge in [-0.2, -0.15) is 4.68 Å². The molecular weight excluding hydrogens is 460 g/mol. The van der Waals surface area contributed by atoms with Gasteiger partial charge in [0, 0.05) is 44.2 Å². The topological polar surface area (TPSA) is 104 Å². The first-order valence-electron chi connectivity index (χ1n) is 12.3. The number of aromatic nitrogens is 5. The van der Waals surface area contributed by atoms with Gasteiger partial charge in [0.2, 0.25) is 0 Å². The fourth-order valence-electron chi connectivity index (χ4n) is 4.04. The molecule has 35 heavy (non-hydrogen) atoms. The maximum Gasteiger partial charge on any atom is 0.412 e. The molecule has 1 N–H and O–H groups in total. The van der Waals surface area contributed by atoms with Gasteiger partial charge in [0.05, 0.1) is 0 Å². The highest BCUT2D eigenvalue weighted by molar-refractivity contribution is 6.76. The monoisotopic (exact) mass is 494 g/mol. The minimum atomic E-state index is -1.16. The second-order valence-corrected chi connectivity index (χ2v) is 15.8. The predicted molar refractivity (Wildman–Crippen MR) is 137 cm³/mol. The van der Waals surface area contributed by atoms with E-state index in [1.54, 1.807) is 23.1 Å². The van der Waals surface area contributed by atoms with Crippen molar-refractivity contribution in [3.8, 4) is 28.3 Å². The number of tetrazole rings is 1. The van der Waals surface area contributed by atoms with Gasteiger partial charge in [-0.1, -0.05) is 51.0 Å². The van der Waals surface area contributed by atoms with Crippen molar-refractivity contribution >= 4 is 14.2 Å². The highest BCUT2D eigenvalue weighted by atomic mass is 28.3. The third-order valence-corrected chi connectivity index (χ3v) is 7.75. The van der Waals surface area contributed by atoms with Crippen LogP contribution >= 0.6 is 0 Å². The number of nitrogens with zero attached hydrogens (tertiary/aromatic N) is 5. The van der Waals surface area contributed by atoms with Crippen LogP contribution in [0.1, 0.15) is 32.1 Å². The molecule has 2 heterocycles. The molecule has 10 heteroatoms. The van der Waals surface area contributed by atoms with Gasteiger partial charge in [0.1, 0.15) is 12.5 Å². The summed E-state index contributed by atoms with van der Waals surface area (Å²) in [6.07, 6.45) is 8.65. The molecule has 0 saturated heterocycles. The van der Waals surface area contributed by atoms with E-state index in [-0.39, 0.29) is 12.8 Å². The van der Waals surface area contributed by atoms with Crippen molar-refractivity contribution in [1.29, 1.82) is 0 Å². The fraction of sp³-hybridized carbons (Fsp3) is 0.480. The summed E-state index contributed by atoms with van der Waals surface area (Å²) in [5.74, 6) is 1.08. The number of carbonyl (C=O) groups excluding carboxylic acids is 1. The average molecular weight is 495 g/mol. The summed E-state index contributed by atoms with van der Waals surface area (Å²) in [5, 5.41) is 15.1. The smallest absolute Gasteiger partial charge is 0.410 e. The van der Waals surface area contributed by atoms with Crippen LogP contribution in [-0.2, 0) is 11.5 Å². The Morgan fingerprint density at radius 3 is 2.69 bits per heavy atom. The number of carbonyl (C=O) groups is 1. The van der Waals surface area contributed by atoms with E-state index in [1.165, 1.54) is 6.42 Å². The van der Waals surface area contributed by atoms with Crippen LogP contribution in [0.5, 0.6) is 5.75 Å². The molecule has 0 unspecified atom stereocenters. The Bertz CT molecular complexity index is 1120. The number of nitrogens with one attached hydrogen (secondary N) is 1. The quantitative estimate of drug-likeness (QED) is 0.325. The molecule has 1 amide bonds. The van der Waals surface area contributed by atoms with Gasteiger partial charge in [-0.3, -0.25) is 4.98 Å². The summed E-state index contributed by atoms with van der Waals surface area (Å²) < 4.78 is 13.0. The maximum atomic E-state index is 12.4. The molecule has 0 aliphatic heterocycles. The minimum Gasteiger partial charge on any atom is -0.410 e. The van der Waals surface area contributed by atoms with Crippen LogP contribution in [0.3, 0.4) is 0 Å². The SMILES string of the molecule is C[Si](C)(C)CCOCn1nnnc1-c1cncc(-c2cccc(OC(=O)NC3CCCCC3)c2)c1. The largest absolute Gasteiger partial charge is 0.412 e. The molecule has 0 bridgehead atoms. The highest BCUT2D eigenvalue weighted by Gasteiger charge is 2.17. The number of hydrogen-bond donors (Lipinski definition) is 1. The lowest BCUT2D eigenvalue weighted by Crippen LogP contribution is -2.37. The number of ether oxygens (including phenoxy) is 2. The molecule has 1 aromatic carbocycles. The second-order valence-electron chi connectivity index (χ2n) is 10.2. The van der Waals surface area contributed by atoms with E-state index in [4.69, 9.17) is 9.47 Å². The molecule has 4 rings (SSSR count). The van der Waals surface area contributed by atoms with Gasteiger partial charge in [0.15, 0.2) is 5.82 Å². The van der Waals surface area contributed by atoms with Crippen LogP contribution in [0, 0.1) is 0 Å². The Kier molecular flexibility index (Phi) is 8.24. The molecule has 2 aromatic heterocycles. The van der Waals surface area contributed by atoms with Gasteiger partial charge in [0.25, 0.3) is 0 Å². The number of benzene rings is 1. The average Bonchev–Trinajstić information content (AvgIpc) is 3.31. The zero-order chi connectivity index (χ0) is 24.7. The van der Waals surface area contributed by atoms with E-state index in [0.29, 0.717) is 18.2 Å². The lowest BCUT2D eigenvalue weighted by Gasteiger charge is -2.22. The van der Waals surface area contributed by atoms with Crippen LogP contribution in [0.25, 0.3) is 22.5 Å². The first kappa shape index (κ1) is 25.0. The fourth-order valence-corrected chi connectivity index (χ4v) is 4.79. The van der Waals surface area contributed by atoms with E-state index in [2.05, 4.69) is 45.5 Å². The van der Waals surface area contributed by atoms with Crippen LogP contribution < -0.4 is 10.1 Å². The van der Waals surface area contributed by atoms with Crippen molar-refractivity contribution in [3.63, 3.8) is 0 Å². The van der Waals surface area contributed by atoms with Crippen molar-refractivity contribution < 1.29 is 14.3 Å². The van der Waals surface area contributed by atoms with Crippen LogP contribution in [0.2, 0.25) is 25.7 Å². The van der Waals surface area contributed by atoms with E-state index in [9.17, 15) is 4.79 Å². The zero-order valence-electron chi connectivity index (χ0n) is 20.7. The molecule has 1 fully saturated rings. The van der Waals surface area contributed by atoms with Gasteiger partial charge in [-0.15, -0.1) is 5.10 Å². The third kappa shape index (κ3) is 7.43. The van der Waals surface area contributed by atoms with Gasteiger partial charge < -0.3 is 14.8 Å². The number of rotatable bonds is 9. The first-order chi connectivity index (χ1) is 16.9. The van der Waals surface area contributed by atoms with Crippen molar-refractivity contribution in [3.05, 3.63) is 42.7 Å². The van der Waals surface area contributed by atoms with Crippen LogP contribution in [0.4, 0.5) is 4.79 Å². The first-order valence-corrected chi connectivity index (χ1v) is 16.0. The van der Waals surface area contributed by atoms with E-state index >= 15 is 0 Å². The van der Waals surface area contributed by atoms with E-state index < -0.39 is 14.2 Å². The lowest BCUT2D eigenvalue weighted by atomic mass is 9.96. The number of hydrogen-bond acceptors (Lipinski definition) is 7. The molecule has 186 valence electrons. The molecule has 0 atom stereocenters. The standard InChI is InChI=1S/C25H34N6O3Si/c1-35(2,3)13-12-33-18-31-24(28-29-30-31)21-14-20(16-26-17-21)19-8-7-11-23(15-19)34-25(32)27-22-9-5-4-6-10-22/h7-8,11,14-17,22H,4-6,9-10,12-13,18H2,1-3H3,(H,27,32). The summed E-state index contributed by atoms with van der Waals surface area (Å²) >= 11 is 0. The molecule has 1 saturated carbocycles. The van der Waals surface area contributed by atoms with Crippen molar-refractivity contribution in [2.75, 3.05) is 6.61 Å². The summed E-state index contributed by atoms with van der Waals surface area (Å²) in [6, 6.07) is 10.7. The summed E-state index contributed by atoms with van der Waals surface area (Å²) in [5.41, 5.74) is 2.53. The molecule has 3 aromatic rings. The van der Waals surface area contributed by atoms with E-state index in [1.807, 2.05) is 24.3 Å². The Hall–Kier alpha value is -3.11. The van der Waals surface area contributed by atoms with Crippen LogP contribution in [0.15, 0.2) is 42.7 Å². The molecule has 1 aliphatic rings. The molecule has 9 nitrogen and oxygen atoms in total. The maximum absolute atomic E-state index is 12.4. The van der Waals surface area contributed by atoms with Gasteiger partial charge in [-0.05, 0) is 53.1 Å². The molecular formula is C25H34N6O3Si. The van der Waals surface area contributed by atoms with Crippen LogP contribution in [-0.4, -0.2) is 52.0 Å². The highest BCUT2D eigenvalue weighted by Crippen LogP contribution is 2.27. The second kappa shape index (κ2) is 11.5. The summed E-state index contributed by atoms with van der Waals surface area (Å²) in [6.45, 7) is 7.93. The summed E-state index contributed by atoms with van der Waals surface area (Å²) in [7, 11) is -1.16. The molecule has 0 spiro atoms. The molecule has 1 aliphatic carbocycles. The normalized spacial score (nSPS) is 14.6. The molecule has 0 radical (unpaired) electrons. The van der Waals surface area contributed by atoms with Gasteiger partial charge >= 0.3 is 6.09 Å². The minimum absolute atomic E-state index is 0.200. The lowest BCUT2D eigenvalue weighted by molar-refractivity contribution is 0.0784. The van der Waals surface area contributed by atoms with Crippen molar-refractivity contribution in [1.82, 2.24) is 30.5 Å². The van der Waals surface area contributed by atoms with Crippen molar-refractivity contribution in [2.24, 2.45) is 0 Å². The Morgan fingerprint density at radius 1 is 1.09 bits per heavy atom. The Labute approximate surface area is 207 Å². The Morgan fingerprint density at radius 2 is 1.89 bits per heavy atom.